The van der Waals surface area contributed by atoms with Crippen LogP contribution in [0.5, 0.6) is 0 Å². The molecule has 0 fully saturated rings. The Labute approximate surface area is 89.1 Å². The predicted octanol–water partition coefficient (Wildman–Crippen LogP) is 2.60. The van der Waals surface area contributed by atoms with Crippen molar-refractivity contribution < 1.29 is 4.39 Å². The van der Waals surface area contributed by atoms with Crippen LogP contribution in [0.15, 0.2) is 28.7 Å². The second-order valence-corrected chi connectivity index (χ2v) is 3.79. The molecule has 0 saturated heterocycles. The third kappa shape index (κ3) is 1.51. The zero-order valence-electron chi connectivity index (χ0n) is 7.30. The maximum absolute atomic E-state index is 13.3. The van der Waals surface area contributed by atoms with Gasteiger partial charge in [-0.05, 0) is 40.2 Å². The molecule has 0 aliphatic heterocycles. The Morgan fingerprint density at radius 3 is 2.79 bits per heavy atom. The highest BCUT2D eigenvalue weighted by atomic mass is 79.9. The van der Waals surface area contributed by atoms with Gasteiger partial charge in [0.1, 0.15) is 5.82 Å². The number of hydrogen-bond donors (Lipinski definition) is 1. The number of fused-ring (bicyclic) bond motifs is 1. The van der Waals surface area contributed by atoms with Crippen LogP contribution in [0.25, 0.3) is 10.9 Å². The first-order chi connectivity index (χ1) is 6.72. The van der Waals surface area contributed by atoms with Crippen molar-refractivity contribution in [1.82, 2.24) is 4.98 Å². The molecule has 2 aromatic rings. The maximum Gasteiger partial charge on any atom is 0.132 e. The molecule has 0 aliphatic carbocycles. The quantitative estimate of drug-likeness (QED) is 0.850. The molecule has 0 radical (unpaired) electrons. The Morgan fingerprint density at radius 1 is 1.29 bits per heavy atom. The van der Waals surface area contributed by atoms with Crippen molar-refractivity contribution in [2.24, 2.45) is 5.73 Å². The lowest BCUT2D eigenvalue weighted by molar-refractivity contribution is 0.639. The molecule has 0 spiro atoms. The molecular formula is C10H8BrFN2. The van der Waals surface area contributed by atoms with Crippen molar-refractivity contribution in [2.75, 3.05) is 0 Å². The minimum absolute atomic E-state index is 0.265. The first kappa shape index (κ1) is 9.55. The largest absolute Gasteiger partial charge is 0.325 e. The van der Waals surface area contributed by atoms with Crippen molar-refractivity contribution >= 4 is 26.8 Å². The summed E-state index contributed by atoms with van der Waals surface area (Å²) in [6, 6.07) is 6.49. The van der Waals surface area contributed by atoms with E-state index in [0.29, 0.717) is 17.4 Å². The molecule has 0 bridgehead atoms. The van der Waals surface area contributed by atoms with Crippen molar-refractivity contribution in [3.8, 4) is 0 Å². The minimum atomic E-state index is -0.265. The lowest BCUT2D eigenvalue weighted by Crippen LogP contribution is -1.99. The molecule has 1 aromatic carbocycles. The Morgan fingerprint density at radius 2 is 2.07 bits per heavy atom. The number of benzene rings is 1. The van der Waals surface area contributed by atoms with Gasteiger partial charge in [-0.2, -0.15) is 0 Å². The van der Waals surface area contributed by atoms with Crippen molar-refractivity contribution in [3.05, 3.63) is 40.2 Å². The van der Waals surface area contributed by atoms with E-state index in [1.165, 1.54) is 6.07 Å². The summed E-state index contributed by atoms with van der Waals surface area (Å²) in [7, 11) is 0. The van der Waals surface area contributed by atoms with Crippen LogP contribution in [0.3, 0.4) is 0 Å². The van der Waals surface area contributed by atoms with Gasteiger partial charge >= 0.3 is 0 Å². The third-order valence-electron chi connectivity index (χ3n) is 2.02. The Bertz CT molecular complexity index is 485. The van der Waals surface area contributed by atoms with E-state index in [2.05, 4.69) is 20.9 Å². The fourth-order valence-corrected chi connectivity index (χ4v) is 1.74. The fraction of sp³-hybridized carbons (Fsp3) is 0.100. The number of pyridine rings is 1. The zero-order valence-corrected chi connectivity index (χ0v) is 8.88. The van der Waals surface area contributed by atoms with E-state index < -0.39 is 0 Å². The average molecular weight is 255 g/mol. The summed E-state index contributed by atoms with van der Waals surface area (Å²) in [5.41, 5.74) is 6.83. The third-order valence-corrected chi connectivity index (χ3v) is 2.66. The number of hydrogen-bond acceptors (Lipinski definition) is 2. The first-order valence-electron chi connectivity index (χ1n) is 4.16. The summed E-state index contributed by atoms with van der Waals surface area (Å²) in [4.78, 5) is 4.24. The zero-order chi connectivity index (χ0) is 10.1. The van der Waals surface area contributed by atoms with Gasteiger partial charge in [0.05, 0.1) is 11.2 Å². The SMILES string of the molecule is NCc1ccc2c(F)ccc(Br)c2n1. The summed E-state index contributed by atoms with van der Waals surface area (Å²) in [5.74, 6) is -0.265. The summed E-state index contributed by atoms with van der Waals surface area (Å²) >= 11 is 3.32. The van der Waals surface area contributed by atoms with E-state index in [9.17, 15) is 4.39 Å². The summed E-state index contributed by atoms with van der Waals surface area (Å²) in [6.07, 6.45) is 0. The lowest BCUT2D eigenvalue weighted by atomic mass is 10.2. The van der Waals surface area contributed by atoms with Gasteiger partial charge in [0.15, 0.2) is 0 Å². The molecule has 2 rings (SSSR count). The van der Waals surface area contributed by atoms with E-state index in [-0.39, 0.29) is 5.82 Å². The number of nitrogens with zero attached hydrogens (tertiary/aromatic N) is 1. The van der Waals surface area contributed by atoms with Gasteiger partial charge in [0.2, 0.25) is 0 Å². The molecule has 0 aliphatic rings. The Balaban J connectivity index is 2.80. The molecule has 0 atom stereocenters. The van der Waals surface area contributed by atoms with Gasteiger partial charge in [-0.25, -0.2) is 4.39 Å². The molecular weight excluding hydrogens is 247 g/mol. The highest BCUT2D eigenvalue weighted by molar-refractivity contribution is 9.10. The van der Waals surface area contributed by atoms with Crippen LogP contribution in [0, 0.1) is 5.82 Å². The predicted molar refractivity (Wildman–Crippen MR) is 57.3 cm³/mol. The van der Waals surface area contributed by atoms with Crippen LogP contribution in [0.2, 0.25) is 0 Å². The van der Waals surface area contributed by atoms with Crippen LogP contribution >= 0.6 is 15.9 Å². The lowest BCUT2D eigenvalue weighted by Gasteiger charge is -2.03. The second-order valence-electron chi connectivity index (χ2n) is 2.93. The number of aromatic nitrogens is 1. The normalized spacial score (nSPS) is 10.8. The first-order valence-corrected chi connectivity index (χ1v) is 4.95. The van der Waals surface area contributed by atoms with E-state index in [4.69, 9.17) is 5.73 Å². The second kappa shape index (κ2) is 3.63. The van der Waals surface area contributed by atoms with E-state index in [0.717, 1.165) is 10.2 Å². The van der Waals surface area contributed by atoms with Gasteiger partial charge in [0, 0.05) is 16.4 Å². The highest BCUT2D eigenvalue weighted by Crippen LogP contribution is 2.24. The van der Waals surface area contributed by atoms with Gasteiger partial charge in [-0.15, -0.1) is 0 Å². The summed E-state index contributed by atoms with van der Waals surface area (Å²) in [6.45, 7) is 0.360. The van der Waals surface area contributed by atoms with Crippen LogP contribution in [0.4, 0.5) is 4.39 Å². The molecule has 14 heavy (non-hydrogen) atoms. The Kier molecular flexibility index (Phi) is 2.48. The van der Waals surface area contributed by atoms with Gasteiger partial charge in [-0.3, -0.25) is 4.98 Å². The monoisotopic (exact) mass is 254 g/mol. The van der Waals surface area contributed by atoms with Gasteiger partial charge in [-0.1, -0.05) is 0 Å². The number of halogens is 2. The van der Waals surface area contributed by atoms with Crippen LogP contribution in [-0.2, 0) is 6.54 Å². The van der Waals surface area contributed by atoms with E-state index in [1.54, 1.807) is 18.2 Å². The average Bonchev–Trinajstić information content (AvgIpc) is 2.23. The van der Waals surface area contributed by atoms with Crippen LogP contribution in [0.1, 0.15) is 5.69 Å². The molecule has 0 amide bonds. The molecule has 1 heterocycles. The van der Waals surface area contributed by atoms with Crippen molar-refractivity contribution in [2.45, 2.75) is 6.54 Å². The molecule has 1 aromatic heterocycles. The van der Waals surface area contributed by atoms with Crippen molar-refractivity contribution in [3.63, 3.8) is 0 Å². The minimum Gasteiger partial charge on any atom is -0.325 e. The molecule has 2 N–H and O–H groups in total. The molecule has 0 unspecified atom stereocenters. The maximum atomic E-state index is 13.3. The molecule has 4 heteroatoms. The molecule has 0 saturated carbocycles. The van der Waals surface area contributed by atoms with E-state index in [1.807, 2.05) is 0 Å². The fourth-order valence-electron chi connectivity index (χ4n) is 1.30. The van der Waals surface area contributed by atoms with Gasteiger partial charge in [0.25, 0.3) is 0 Å². The van der Waals surface area contributed by atoms with Gasteiger partial charge < -0.3 is 5.73 Å². The molecule has 2 nitrogen and oxygen atoms in total. The van der Waals surface area contributed by atoms with Crippen LogP contribution in [-0.4, -0.2) is 4.98 Å². The molecule has 72 valence electrons. The number of nitrogens with two attached hydrogens (primary N) is 1. The van der Waals surface area contributed by atoms with E-state index >= 15 is 0 Å². The smallest absolute Gasteiger partial charge is 0.132 e. The van der Waals surface area contributed by atoms with Crippen LogP contribution < -0.4 is 5.73 Å². The topological polar surface area (TPSA) is 38.9 Å². The highest BCUT2D eigenvalue weighted by Gasteiger charge is 2.05. The Hall–Kier alpha value is -1.00. The summed E-state index contributed by atoms with van der Waals surface area (Å²) in [5, 5.41) is 0.511. The van der Waals surface area contributed by atoms with Crippen molar-refractivity contribution in [1.29, 1.82) is 0 Å². The summed E-state index contributed by atoms with van der Waals surface area (Å²) < 4.78 is 14.1. The standard InChI is InChI=1S/C10H8BrFN2/c11-8-3-4-9(12)7-2-1-6(5-13)14-10(7)8/h1-4H,5,13H2. The number of rotatable bonds is 1.